The first-order chi connectivity index (χ1) is 8.63. The number of piperidine rings is 1. The fourth-order valence-corrected chi connectivity index (χ4v) is 2.68. The first-order valence-electron chi connectivity index (χ1n) is 6.93. The summed E-state index contributed by atoms with van der Waals surface area (Å²) in [6.07, 6.45) is 5.58. The first-order valence-corrected chi connectivity index (χ1v) is 6.93. The molecule has 2 N–H and O–H groups in total. The molecule has 100 valence electrons. The largest absolute Gasteiger partial charge is 0.337 e. The van der Waals surface area contributed by atoms with Crippen molar-refractivity contribution in [3.8, 4) is 0 Å². The summed E-state index contributed by atoms with van der Waals surface area (Å²) < 4.78 is 0. The molecule has 1 aromatic heterocycles. The van der Waals surface area contributed by atoms with E-state index in [2.05, 4.69) is 30.7 Å². The monoisotopic (exact) mass is 248 g/mol. The van der Waals surface area contributed by atoms with Gasteiger partial charge in [-0.25, -0.2) is 9.97 Å². The maximum absolute atomic E-state index is 5.86. The summed E-state index contributed by atoms with van der Waals surface area (Å²) in [5.74, 6) is 1.30. The molecule has 1 aliphatic heterocycles. The van der Waals surface area contributed by atoms with Gasteiger partial charge in [0.2, 0.25) is 5.95 Å². The van der Waals surface area contributed by atoms with Crippen LogP contribution in [-0.4, -0.2) is 29.1 Å². The van der Waals surface area contributed by atoms with Gasteiger partial charge in [-0.05, 0) is 37.7 Å². The third-order valence-electron chi connectivity index (χ3n) is 3.70. The molecule has 1 fully saturated rings. The first kappa shape index (κ1) is 13.3. The van der Waals surface area contributed by atoms with Crippen molar-refractivity contribution in [3.05, 3.63) is 17.5 Å². The Labute approximate surface area is 110 Å². The number of anilines is 1. The molecule has 0 radical (unpaired) electrons. The number of hydrogen-bond acceptors (Lipinski definition) is 4. The molecule has 0 amide bonds. The Bertz CT molecular complexity index is 403. The van der Waals surface area contributed by atoms with Crippen LogP contribution in [0.1, 0.15) is 50.3 Å². The lowest BCUT2D eigenvalue weighted by atomic mass is 10.0. The molecular formula is C14H24N4. The molecule has 1 unspecified atom stereocenters. The second-order valence-corrected chi connectivity index (χ2v) is 5.47. The van der Waals surface area contributed by atoms with E-state index in [0.29, 0.717) is 18.5 Å². The predicted molar refractivity (Wildman–Crippen MR) is 74.9 cm³/mol. The van der Waals surface area contributed by atoms with Crippen LogP contribution in [0.2, 0.25) is 0 Å². The maximum Gasteiger partial charge on any atom is 0.225 e. The molecule has 18 heavy (non-hydrogen) atoms. The van der Waals surface area contributed by atoms with Gasteiger partial charge in [-0.3, -0.25) is 0 Å². The van der Waals surface area contributed by atoms with Crippen molar-refractivity contribution < 1.29 is 0 Å². The highest BCUT2D eigenvalue weighted by Gasteiger charge is 2.24. The minimum absolute atomic E-state index is 0.404. The molecule has 0 saturated carbocycles. The van der Waals surface area contributed by atoms with Gasteiger partial charge in [-0.15, -0.1) is 0 Å². The van der Waals surface area contributed by atoms with Crippen LogP contribution in [0.3, 0.4) is 0 Å². The molecule has 0 spiro atoms. The van der Waals surface area contributed by atoms with Crippen molar-refractivity contribution in [1.29, 1.82) is 0 Å². The second-order valence-electron chi connectivity index (χ2n) is 5.47. The quantitative estimate of drug-likeness (QED) is 0.891. The van der Waals surface area contributed by atoms with E-state index in [1.54, 1.807) is 0 Å². The molecule has 1 atom stereocenters. The lowest BCUT2D eigenvalue weighted by molar-refractivity contribution is 0.457. The van der Waals surface area contributed by atoms with Crippen molar-refractivity contribution in [2.45, 2.75) is 52.0 Å². The minimum atomic E-state index is 0.404. The zero-order valence-electron chi connectivity index (χ0n) is 11.7. The normalized spacial score (nSPS) is 20.5. The number of hydrogen-bond donors (Lipinski definition) is 1. The van der Waals surface area contributed by atoms with Crippen LogP contribution in [0.15, 0.2) is 6.20 Å². The van der Waals surface area contributed by atoms with Crippen LogP contribution in [0, 0.1) is 6.92 Å². The Morgan fingerprint density at radius 3 is 2.89 bits per heavy atom. The molecule has 2 rings (SSSR count). The molecule has 4 nitrogen and oxygen atoms in total. The van der Waals surface area contributed by atoms with Crippen LogP contribution in [0.4, 0.5) is 5.95 Å². The average Bonchev–Trinajstić information content (AvgIpc) is 2.39. The Kier molecular flexibility index (Phi) is 4.17. The molecule has 1 aliphatic rings. The van der Waals surface area contributed by atoms with Crippen LogP contribution >= 0.6 is 0 Å². The minimum Gasteiger partial charge on any atom is -0.337 e. The van der Waals surface area contributed by atoms with Gasteiger partial charge >= 0.3 is 0 Å². The number of rotatable bonds is 3. The van der Waals surface area contributed by atoms with Gasteiger partial charge in [-0.1, -0.05) is 13.8 Å². The van der Waals surface area contributed by atoms with Crippen molar-refractivity contribution in [2.24, 2.45) is 5.73 Å². The van der Waals surface area contributed by atoms with E-state index in [-0.39, 0.29) is 0 Å². The number of nitrogens with zero attached hydrogens (tertiary/aromatic N) is 3. The van der Waals surface area contributed by atoms with Crippen LogP contribution in [0.25, 0.3) is 0 Å². The third-order valence-corrected chi connectivity index (χ3v) is 3.70. The summed E-state index contributed by atoms with van der Waals surface area (Å²) in [6, 6.07) is 0.404. The van der Waals surface area contributed by atoms with Crippen LogP contribution in [0.5, 0.6) is 0 Å². The topological polar surface area (TPSA) is 55.0 Å². The molecule has 1 saturated heterocycles. The molecule has 2 heterocycles. The number of aryl methyl sites for hydroxylation is 1. The van der Waals surface area contributed by atoms with E-state index in [1.165, 1.54) is 18.4 Å². The Balaban J connectivity index is 2.29. The fourth-order valence-electron chi connectivity index (χ4n) is 2.68. The molecule has 0 aromatic carbocycles. The Morgan fingerprint density at radius 1 is 1.44 bits per heavy atom. The number of aromatic nitrogens is 2. The highest BCUT2D eigenvalue weighted by molar-refractivity contribution is 5.36. The Morgan fingerprint density at radius 2 is 2.22 bits per heavy atom. The summed E-state index contributed by atoms with van der Waals surface area (Å²) in [4.78, 5) is 11.5. The lowest BCUT2D eigenvalue weighted by Gasteiger charge is -2.35. The van der Waals surface area contributed by atoms with Crippen molar-refractivity contribution >= 4 is 5.95 Å². The van der Waals surface area contributed by atoms with Crippen molar-refractivity contribution in [1.82, 2.24) is 9.97 Å². The van der Waals surface area contributed by atoms with E-state index >= 15 is 0 Å². The molecule has 0 bridgehead atoms. The van der Waals surface area contributed by atoms with Gasteiger partial charge in [0, 0.05) is 25.3 Å². The van der Waals surface area contributed by atoms with Gasteiger partial charge in [0.1, 0.15) is 0 Å². The highest BCUT2D eigenvalue weighted by atomic mass is 15.3. The maximum atomic E-state index is 5.86. The summed E-state index contributed by atoms with van der Waals surface area (Å²) in [5, 5.41) is 0. The number of nitrogens with two attached hydrogens (primary N) is 1. The van der Waals surface area contributed by atoms with Crippen LogP contribution < -0.4 is 10.6 Å². The molecule has 1 aromatic rings. The van der Waals surface area contributed by atoms with E-state index in [4.69, 9.17) is 10.7 Å². The smallest absolute Gasteiger partial charge is 0.225 e. The fraction of sp³-hybridized carbons (Fsp3) is 0.714. The van der Waals surface area contributed by atoms with Gasteiger partial charge in [-0.2, -0.15) is 0 Å². The van der Waals surface area contributed by atoms with Gasteiger partial charge < -0.3 is 10.6 Å². The van der Waals surface area contributed by atoms with E-state index < -0.39 is 0 Å². The van der Waals surface area contributed by atoms with E-state index in [0.717, 1.165) is 24.6 Å². The van der Waals surface area contributed by atoms with E-state index in [1.807, 2.05) is 6.20 Å². The van der Waals surface area contributed by atoms with Crippen molar-refractivity contribution in [2.75, 3.05) is 18.0 Å². The summed E-state index contributed by atoms with van der Waals surface area (Å²) in [5.41, 5.74) is 8.19. The van der Waals surface area contributed by atoms with Crippen molar-refractivity contribution in [3.63, 3.8) is 0 Å². The summed E-state index contributed by atoms with van der Waals surface area (Å²) in [7, 11) is 0. The van der Waals surface area contributed by atoms with Gasteiger partial charge in [0.05, 0.1) is 5.69 Å². The summed E-state index contributed by atoms with van der Waals surface area (Å²) in [6.45, 7) is 8.15. The lowest BCUT2D eigenvalue weighted by Crippen LogP contribution is -2.45. The molecular weight excluding hydrogens is 224 g/mol. The van der Waals surface area contributed by atoms with Crippen LogP contribution in [-0.2, 0) is 0 Å². The highest BCUT2D eigenvalue weighted by Crippen LogP contribution is 2.24. The Hall–Kier alpha value is -1.16. The summed E-state index contributed by atoms with van der Waals surface area (Å²) >= 11 is 0. The molecule has 4 heteroatoms. The standard InChI is InChI=1S/C14H24N4/c1-10(2)13-11(3)9-16-14(17-13)18-7-5-4-6-12(18)8-15/h9-10,12H,4-8,15H2,1-3H3. The predicted octanol–water partition coefficient (Wildman–Crippen LogP) is 2.23. The second kappa shape index (κ2) is 5.65. The van der Waals surface area contributed by atoms with E-state index in [9.17, 15) is 0 Å². The van der Waals surface area contributed by atoms with Gasteiger partial charge in [0.15, 0.2) is 0 Å². The van der Waals surface area contributed by atoms with Gasteiger partial charge in [0.25, 0.3) is 0 Å². The third kappa shape index (κ3) is 2.64. The molecule has 0 aliphatic carbocycles. The SMILES string of the molecule is Cc1cnc(N2CCCCC2CN)nc1C(C)C. The zero-order valence-corrected chi connectivity index (χ0v) is 11.7. The average molecular weight is 248 g/mol. The zero-order chi connectivity index (χ0) is 13.1.